The van der Waals surface area contributed by atoms with Gasteiger partial charge >= 0.3 is 0 Å². The number of thioether (sulfide) groups is 1. The smallest absolute Gasteiger partial charge is 0.242 e. The van der Waals surface area contributed by atoms with Crippen molar-refractivity contribution in [1.82, 2.24) is 10.6 Å². The van der Waals surface area contributed by atoms with E-state index in [1.54, 1.807) is 11.8 Å². The summed E-state index contributed by atoms with van der Waals surface area (Å²) >= 11 is 1.72. The number of carbonyl (C=O) groups excluding carboxylic acids is 2. The maximum absolute atomic E-state index is 12.5. The Morgan fingerprint density at radius 1 is 0.647 bits per heavy atom. The molecular formula is C29H58N2O2S. The Balaban J connectivity index is 3.62. The van der Waals surface area contributed by atoms with E-state index in [9.17, 15) is 9.59 Å². The highest BCUT2D eigenvalue weighted by Crippen LogP contribution is 2.13. The van der Waals surface area contributed by atoms with E-state index in [1.165, 1.54) is 96.3 Å². The Bertz CT molecular complexity index is 459. The predicted octanol–water partition coefficient (Wildman–Crippen LogP) is 8.18. The molecule has 0 spiro atoms. The Hall–Kier alpha value is -0.710. The van der Waals surface area contributed by atoms with Gasteiger partial charge in [0.15, 0.2) is 0 Å². The van der Waals surface area contributed by atoms with Crippen LogP contribution >= 0.6 is 11.8 Å². The molecule has 0 fully saturated rings. The van der Waals surface area contributed by atoms with Crippen LogP contribution in [0, 0.1) is 0 Å². The average Bonchev–Trinajstić information content (AvgIpc) is 2.83. The Morgan fingerprint density at radius 3 is 1.56 bits per heavy atom. The van der Waals surface area contributed by atoms with E-state index in [-0.39, 0.29) is 17.9 Å². The summed E-state index contributed by atoms with van der Waals surface area (Å²) in [4.78, 5) is 24.7. The third-order valence-electron chi connectivity index (χ3n) is 6.60. The lowest BCUT2D eigenvalue weighted by atomic mass is 10.0. The molecule has 2 amide bonds. The average molecular weight is 499 g/mol. The molecule has 0 bridgehead atoms. The second-order valence-corrected chi connectivity index (χ2v) is 10.9. The number of carbonyl (C=O) groups is 2. The van der Waals surface area contributed by atoms with Crippen molar-refractivity contribution in [2.24, 2.45) is 0 Å². The standard InChI is InChI=1S/C29H58N2O2S/c1-4-6-8-9-10-11-12-13-14-15-16-17-18-19-20-22-25-30-29(33)27(24-26-34-3)31-28(32)23-21-7-5-2/h27H,4-26H2,1-3H3,(H,30,33)(H,31,32)/t27-/m0/s1. The SMILES string of the molecule is CCCCCCCCCCCCCCCCCCNC(=O)[C@H](CCSC)NC(=O)CCCCC. The maximum Gasteiger partial charge on any atom is 0.242 e. The largest absolute Gasteiger partial charge is 0.354 e. The second kappa shape index (κ2) is 26.9. The summed E-state index contributed by atoms with van der Waals surface area (Å²) in [7, 11) is 0. The monoisotopic (exact) mass is 498 g/mol. The molecule has 0 aliphatic heterocycles. The van der Waals surface area contributed by atoms with Gasteiger partial charge in [-0.05, 0) is 31.3 Å². The summed E-state index contributed by atoms with van der Waals surface area (Å²) in [5.74, 6) is 0.878. The van der Waals surface area contributed by atoms with Gasteiger partial charge in [-0.15, -0.1) is 0 Å². The lowest BCUT2D eigenvalue weighted by Gasteiger charge is -2.18. The molecule has 0 saturated carbocycles. The first-order chi connectivity index (χ1) is 16.7. The van der Waals surface area contributed by atoms with E-state index >= 15 is 0 Å². The Morgan fingerprint density at radius 2 is 1.09 bits per heavy atom. The molecule has 0 aromatic heterocycles. The number of unbranched alkanes of at least 4 members (excludes halogenated alkanes) is 17. The van der Waals surface area contributed by atoms with Crippen LogP contribution in [-0.2, 0) is 9.59 Å². The molecule has 0 radical (unpaired) electrons. The summed E-state index contributed by atoms with van der Waals surface area (Å²) < 4.78 is 0. The van der Waals surface area contributed by atoms with E-state index in [0.717, 1.165) is 38.0 Å². The number of nitrogens with one attached hydrogen (secondary N) is 2. The molecule has 0 aliphatic rings. The van der Waals surface area contributed by atoms with E-state index in [0.29, 0.717) is 12.8 Å². The minimum Gasteiger partial charge on any atom is -0.354 e. The van der Waals surface area contributed by atoms with Gasteiger partial charge in [0, 0.05) is 13.0 Å². The second-order valence-electron chi connectivity index (χ2n) is 9.95. The molecular weight excluding hydrogens is 440 g/mol. The molecule has 202 valence electrons. The van der Waals surface area contributed by atoms with Crippen molar-refractivity contribution in [3.8, 4) is 0 Å². The highest BCUT2D eigenvalue weighted by Gasteiger charge is 2.19. The van der Waals surface area contributed by atoms with Crippen molar-refractivity contribution in [3.63, 3.8) is 0 Å². The lowest BCUT2D eigenvalue weighted by molar-refractivity contribution is -0.129. The van der Waals surface area contributed by atoms with Gasteiger partial charge in [-0.3, -0.25) is 9.59 Å². The van der Waals surface area contributed by atoms with Crippen LogP contribution in [0.1, 0.15) is 149 Å². The Labute approximate surface area is 217 Å². The van der Waals surface area contributed by atoms with Crippen LogP contribution in [0.25, 0.3) is 0 Å². The first kappa shape index (κ1) is 33.3. The molecule has 1 atom stereocenters. The zero-order valence-corrected chi connectivity index (χ0v) is 23.9. The molecule has 0 aromatic rings. The minimum atomic E-state index is -0.386. The van der Waals surface area contributed by atoms with Crippen molar-refractivity contribution >= 4 is 23.6 Å². The minimum absolute atomic E-state index is 0.0112. The summed E-state index contributed by atoms with van der Waals surface area (Å²) in [6, 6.07) is -0.386. The summed E-state index contributed by atoms with van der Waals surface area (Å²) in [5, 5.41) is 6.00. The van der Waals surface area contributed by atoms with E-state index in [4.69, 9.17) is 0 Å². The van der Waals surface area contributed by atoms with Crippen molar-refractivity contribution in [2.45, 2.75) is 155 Å². The molecule has 2 N–H and O–H groups in total. The molecule has 4 nitrogen and oxygen atoms in total. The zero-order valence-electron chi connectivity index (χ0n) is 23.1. The van der Waals surface area contributed by atoms with Crippen LogP contribution in [0.15, 0.2) is 0 Å². The van der Waals surface area contributed by atoms with Crippen LogP contribution in [-0.4, -0.2) is 36.4 Å². The zero-order chi connectivity index (χ0) is 25.1. The van der Waals surface area contributed by atoms with Gasteiger partial charge in [0.05, 0.1) is 0 Å². The normalized spacial score (nSPS) is 12.0. The molecule has 0 saturated heterocycles. The van der Waals surface area contributed by atoms with Gasteiger partial charge in [0.1, 0.15) is 6.04 Å². The maximum atomic E-state index is 12.5. The molecule has 0 aromatic carbocycles. The third kappa shape index (κ3) is 23.1. The third-order valence-corrected chi connectivity index (χ3v) is 7.24. The topological polar surface area (TPSA) is 58.2 Å². The molecule has 0 aliphatic carbocycles. The predicted molar refractivity (Wildman–Crippen MR) is 152 cm³/mol. The number of hydrogen-bond acceptors (Lipinski definition) is 3. The molecule has 0 heterocycles. The van der Waals surface area contributed by atoms with Crippen molar-refractivity contribution < 1.29 is 9.59 Å². The summed E-state index contributed by atoms with van der Waals surface area (Å²) in [6.45, 7) is 5.13. The van der Waals surface area contributed by atoms with Crippen LogP contribution in [0.5, 0.6) is 0 Å². The van der Waals surface area contributed by atoms with Gasteiger partial charge in [-0.2, -0.15) is 11.8 Å². The number of amides is 2. The van der Waals surface area contributed by atoms with Gasteiger partial charge in [0.25, 0.3) is 0 Å². The fourth-order valence-electron chi connectivity index (χ4n) is 4.31. The van der Waals surface area contributed by atoms with Gasteiger partial charge in [-0.25, -0.2) is 0 Å². The highest BCUT2D eigenvalue weighted by atomic mass is 32.2. The number of hydrogen-bond donors (Lipinski definition) is 2. The van der Waals surface area contributed by atoms with E-state index < -0.39 is 0 Å². The fraction of sp³-hybridized carbons (Fsp3) is 0.931. The van der Waals surface area contributed by atoms with Crippen molar-refractivity contribution in [1.29, 1.82) is 0 Å². The van der Waals surface area contributed by atoms with E-state index in [2.05, 4.69) is 24.5 Å². The first-order valence-electron chi connectivity index (χ1n) is 14.7. The quantitative estimate of drug-likeness (QED) is 0.118. The van der Waals surface area contributed by atoms with Crippen molar-refractivity contribution in [2.75, 3.05) is 18.6 Å². The highest BCUT2D eigenvalue weighted by molar-refractivity contribution is 7.98. The molecule has 0 unspecified atom stereocenters. The molecule has 0 rings (SSSR count). The van der Waals surface area contributed by atoms with Crippen LogP contribution in [0.2, 0.25) is 0 Å². The first-order valence-corrected chi connectivity index (χ1v) is 16.1. The van der Waals surface area contributed by atoms with Crippen molar-refractivity contribution in [3.05, 3.63) is 0 Å². The molecule has 34 heavy (non-hydrogen) atoms. The van der Waals surface area contributed by atoms with Gasteiger partial charge in [0.2, 0.25) is 11.8 Å². The molecule has 5 heteroatoms. The summed E-state index contributed by atoms with van der Waals surface area (Å²) in [5.41, 5.74) is 0. The van der Waals surface area contributed by atoms with Gasteiger partial charge in [-0.1, -0.05) is 123 Å². The Kier molecular flexibility index (Phi) is 26.3. The number of rotatable bonds is 26. The van der Waals surface area contributed by atoms with Gasteiger partial charge < -0.3 is 10.6 Å². The summed E-state index contributed by atoms with van der Waals surface area (Å²) in [6.07, 6.45) is 28.0. The van der Waals surface area contributed by atoms with Crippen LogP contribution < -0.4 is 10.6 Å². The van der Waals surface area contributed by atoms with E-state index in [1.807, 2.05) is 6.26 Å². The lowest BCUT2D eigenvalue weighted by Crippen LogP contribution is -2.47. The van der Waals surface area contributed by atoms with Crippen LogP contribution in [0.4, 0.5) is 0 Å². The fourth-order valence-corrected chi connectivity index (χ4v) is 4.79. The van der Waals surface area contributed by atoms with Crippen LogP contribution in [0.3, 0.4) is 0 Å².